The molecule has 0 aliphatic carbocycles. The minimum absolute atomic E-state index is 0.0265. The van der Waals surface area contributed by atoms with Gasteiger partial charge in [0.15, 0.2) is 4.90 Å². The van der Waals surface area contributed by atoms with Gasteiger partial charge in [-0.3, -0.25) is 15.0 Å². The average molecular weight is 478 g/mol. The van der Waals surface area contributed by atoms with Gasteiger partial charge >= 0.3 is 0 Å². The summed E-state index contributed by atoms with van der Waals surface area (Å²) in [5.74, 6) is 0.220. The molecule has 1 fully saturated rings. The van der Waals surface area contributed by atoms with E-state index in [2.05, 4.69) is 33.0 Å². The smallest absolute Gasteiger partial charge is 0.289 e. The van der Waals surface area contributed by atoms with Gasteiger partial charge in [0, 0.05) is 48.7 Å². The van der Waals surface area contributed by atoms with Gasteiger partial charge in [-0.15, -0.1) is 0 Å². The van der Waals surface area contributed by atoms with Gasteiger partial charge in [0.05, 0.1) is 4.92 Å². The Morgan fingerprint density at radius 1 is 1.00 bits per heavy atom. The predicted octanol–water partition coefficient (Wildman–Crippen LogP) is 3.39. The van der Waals surface area contributed by atoms with Gasteiger partial charge in [0.2, 0.25) is 10.0 Å². The van der Waals surface area contributed by atoms with Gasteiger partial charge in [-0.05, 0) is 23.8 Å². The van der Waals surface area contributed by atoms with E-state index in [1.807, 2.05) is 24.3 Å². The summed E-state index contributed by atoms with van der Waals surface area (Å²) in [5, 5.41) is 11.4. The van der Waals surface area contributed by atoms with Crippen LogP contribution in [-0.2, 0) is 10.0 Å². The Hall–Kier alpha value is -2.07. The maximum Gasteiger partial charge on any atom is 0.289 e. The number of sulfonamides is 1. The lowest BCUT2D eigenvalue weighted by Gasteiger charge is -2.50. The normalized spacial score (nSPS) is 24.0. The van der Waals surface area contributed by atoms with Crippen molar-refractivity contribution in [3.05, 3.63) is 80.8 Å². The fourth-order valence-corrected chi connectivity index (χ4v) is 5.79. The largest absolute Gasteiger partial charge is 0.294 e. The number of nitro groups is 1. The summed E-state index contributed by atoms with van der Waals surface area (Å²) in [6.45, 7) is 2.12. The van der Waals surface area contributed by atoms with E-state index in [-0.39, 0.29) is 23.4 Å². The van der Waals surface area contributed by atoms with Crippen LogP contribution in [0.15, 0.2) is 70.1 Å². The monoisotopic (exact) mass is 477 g/mol. The molecule has 2 heterocycles. The molecule has 4 rings (SSSR count). The van der Waals surface area contributed by atoms with Crippen LogP contribution >= 0.6 is 15.9 Å². The lowest BCUT2D eigenvalue weighted by Crippen LogP contribution is -2.60. The Bertz CT molecular complexity index is 1060. The summed E-state index contributed by atoms with van der Waals surface area (Å²) in [4.78, 5) is 12.7. The Morgan fingerprint density at radius 3 is 2.41 bits per heavy atom. The van der Waals surface area contributed by atoms with E-state index in [0.717, 1.165) is 17.6 Å². The first-order valence-electron chi connectivity index (χ1n) is 9.26. The Labute approximate surface area is 178 Å². The highest BCUT2D eigenvalue weighted by atomic mass is 79.9. The molecule has 2 aliphatic heterocycles. The standard InChI is InChI=1S/C20H20BrN3O4S/c21-16-9-7-15(8-10-16)17-13-22-11-3-4-12-23(14-19(17)22)29(27,28)20-6-2-1-5-18(20)24(25)26/h1-10,17,19H,11-14H2/b4-3-/t17-,19+/m1/s1. The fraction of sp³-hybridized carbons (Fsp3) is 0.300. The SMILES string of the molecule is O=[N+]([O-])c1ccccc1S(=O)(=O)N1C/C=C\CN2C[C@H](c3ccc(Br)cc3)[C@@H]2C1. The first-order chi connectivity index (χ1) is 13.9. The van der Waals surface area contributed by atoms with Crippen molar-refractivity contribution in [1.82, 2.24) is 9.21 Å². The molecule has 1 saturated heterocycles. The average Bonchev–Trinajstić information content (AvgIpc) is 2.68. The van der Waals surface area contributed by atoms with Crippen molar-refractivity contribution in [2.75, 3.05) is 26.2 Å². The molecule has 0 aromatic heterocycles. The zero-order valence-electron chi connectivity index (χ0n) is 15.5. The van der Waals surface area contributed by atoms with Crippen molar-refractivity contribution in [3.63, 3.8) is 0 Å². The molecule has 0 unspecified atom stereocenters. The van der Waals surface area contributed by atoms with Crippen molar-refractivity contribution in [1.29, 1.82) is 0 Å². The molecule has 0 radical (unpaired) electrons. The van der Waals surface area contributed by atoms with Crippen LogP contribution in [0.2, 0.25) is 0 Å². The molecule has 2 aromatic carbocycles. The van der Waals surface area contributed by atoms with Crippen LogP contribution in [0.25, 0.3) is 0 Å². The molecule has 0 bridgehead atoms. The Kier molecular flexibility index (Phi) is 5.56. The summed E-state index contributed by atoms with van der Waals surface area (Å²) in [5.41, 5.74) is 0.774. The van der Waals surface area contributed by atoms with E-state index in [1.165, 1.54) is 34.1 Å². The number of benzene rings is 2. The molecular weight excluding hydrogens is 458 g/mol. The lowest BCUT2D eigenvalue weighted by atomic mass is 9.82. The molecule has 2 atom stereocenters. The van der Waals surface area contributed by atoms with E-state index in [0.29, 0.717) is 6.54 Å². The Morgan fingerprint density at radius 2 is 1.69 bits per heavy atom. The third-order valence-corrected chi connectivity index (χ3v) is 7.96. The van der Waals surface area contributed by atoms with Gasteiger partial charge in [0.1, 0.15) is 0 Å². The number of nitro benzene ring substituents is 1. The molecule has 0 amide bonds. The second-order valence-corrected chi connectivity index (χ2v) is 10.0. The minimum atomic E-state index is -4.01. The minimum Gasteiger partial charge on any atom is -0.294 e. The number of halogens is 1. The Balaban J connectivity index is 1.65. The number of para-hydroxylation sites is 1. The number of nitrogens with zero attached hydrogens (tertiary/aromatic N) is 3. The number of fused-ring (bicyclic) bond motifs is 1. The van der Waals surface area contributed by atoms with Crippen molar-refractivity contribution in [2.45, 2.75) is 16.9 Å². The summed E-state index contributed by atoms with van der Waals surface area (Å²) >= 11 is 3.44. The molecule has 7 nitrogen and oxygen atoms in total. The topological polar surface area (TPSA) is 83.8 Å². The number of hydrogen-bond donors (Lipinski definition) is 0. The van der Waals surface area contributed by atoms with Crippen LogP contribution in [0.3, 0.4) is 0 Å². The summed E-state index contributed by atoms with van der Waals surface area (Å²) in [7, 11) is -4.01. The summed E-state index contributed by atoms with van der Waals surface area (Å²) in [6, 6.07) is 13.6. The molecule has 2 aliphatic rings. The van der Waals surface area contributed by atoms with Crippen molar-refractivity contribution >= 4 is 31.6 Å². The van der Waals surface area contributed by atoms with Crippen LogP contribution < -0.4 is 0 Å². The van der Waals surface area contributed by atoms with Crippen LogP contribution in [0, 0.1) is 10.1 Å². The maximum absolute atomic E-state index is 13.3. The van der Waals surface area contributed by atoms with Gasteiger partial charge < -0.3 is 0 Å². The fourth-order valence-electron chi connectivity index (χ4n) is 3.96. The number of hydrogen-bond acceptors (Lipinski definition) is 5. The third-order valence-electron chi connectivity index (χ3n) is 5.55. The molecule has 29 heavy (non-hydrogen) atoms. The second kappa shape index (κ2) is 7.98. The lowest BCUT2D eigenvalue weighted by molar-refractivity contribution is -0.387. The quantitative estimate of drug-likeness (QED) is 0.382. The molecule has 0 spiro atoms. The zero-order chi connectivity index (χ0) is 20.6. The first kappa shape index (κ1) is 20.2. The predicted molar refractivity (Wildman–Crippen MR) is 113 cm³/mol. The van der Waals surface area contributed by atoms with E-state index in [9.17, 15) is 18.5 Å². The van der Waals surface area contributed by atoms with Crippen LogP contribution in [0.4, 0.5) is 5.69 Å². The van der Waals surface area contributed by atoms with Crippen LogP contribution in [-0.4, -0.2) is 54.8 Å². The van der Waals surface area contributed by atoms with E-state index >= 15 is 0 Å². The highest BCUT2D eigenvalue weighted by molar-refractivity contribution is 9.10. The number of rotatable bonds is 4. The van der Waals surface area contributed by atoms with Gasteiger partial charge in [-0.1, -0.05) is 52.3 Å². The van der Waals surface area contributed by atoms with Crippen molar-refractivity contribution < 1.29 is 13.3 Å². The highest BCUT2D eigenvalue weighted by Gasteiger charge is 2.43. The van der Waals surface area contributed by atoms with Crippen LogP contribution in [0.5, 0.6) is 0 Å². The molecule has 9 heteroatoms. The first-order valence-corrected chi connectivity index (χ1v) is 11.5. The second-order valence-electron chi connectivity index (χ2n) is 7.20. The molecule has 152 valence electrons. The van der Waals surface area contributed by atoms with Gasteiger partial charge in [0.25, 0.3) is 5.69 Å². The maximum atomic E-state index is 13.3. The van der Waals surface area contributed by atoms with Crippen molar-refractivity contribution in [2.24, 2.45) is 0 Å². The van der Waals surface area contributed by atoms with E-state index in [1.54, 1.807) is 0 Å². The summed E-state index contributed by atoms with van der Waals surface area (Å²) in [6.07, 6.45) is 3.78. The van der Waals surface area contributed by atoms with Crippen molar-refractivity contribution in [3.8, 4) is 0 Å². The highest BCUT2D eigenvalue weighted by Crippen LogP contribution is 2.37. The van der Waals surface area contributed by atoms with E-state index in [4.69, 9.17) is 0 Å². The van der Waals surface area contributed by atoms with Crippen LogP contribution in [0.1, 0.15) is 11.5 Å². The van der Waals surface area contributed by atoms with E-state index < -0.39 is 20.6 Å². The zero-order valence-corrected chi connectivity index (χ0v) is 17.9. The molecular formula is C20H20BrN3O4S. The third kappa shape index (κ3) is 3.87. The summed E-state index contributed by atoms with van der Waals surface area (Å²) < 4.78 is 29.0. The van der Waals surface area contributed by atoms with Gasteiger partial charge in [-0.25, -0.2) is 8.42 Å². The van der Waals surface area contributed by atoms with Gasteiger partial charge in [-0.2, -0.15) is 4.31 Å². The molecule has 2 aromatic rings. The molecule has 0 N–H and O–H groups in total. The molecule has 0 saturated carbocycles.